The van der Waals surface area contributed by atoms with E-state index in [0.29, 0.717) is 5.56 Å². The van der Waals surface area contributed by atoms with Gasteiger partial charge in [0.2, 0.25) is 0 Å². The summed E-state index contributed by atoms with van der Waals surface area (Å²) in [7, 11) is 0. The fourth-order valence-electron chi connectivity index (χ4n) is 2.90. The van der Waals surface area contributed by atoms with Crippen LogP contribution in [0.3, 0.4) is 0 Å². The Labute approximate surface area is 186 Å². The number of halogens is 3. The van der Waals surface area contributed by atoms with Crippen LogP contribution in [0.5, 0.6) is 0 Å². The zero-order valence-corrected chi connectivity index (χ0v) is 17.2. The number of nitrogens with two attached hydrogens (primary N) is 1. The molecule has 0 saturated heterocycles. The van der Waals surface area contributed by atoms with Crippen LogP contribution in [0.2, 0.25) is 0 Å². The van der Waals surface area contributed by atoms with Gasteiger partial charge in [-0.15, -0.1) is 0 Å². The van der Waals surface area contributed by atoms with Crippen molar-refractivity contribution < 1.29 is 27.6 Å². The van der Waals surface area contributed by atoms with Crippen LogP contribution in [0.15, 0.2) is 60.9 Å². The second kappa shape index (κ2) is 9.39. The first-order chi connectivity index (χ1) is 15.5. The van der Waals surface area contributed by atoms with Gasteiger partial charge in [-0.3, -0.25) is 14.6 Å². The minimum Gasteiger partial charge on any atom is -0.351 e. The number of nitrogens with one attached hydrogen (secondary N) is 3. The highest BCUT2D eigenvalue weighted by molar-refractivity contribution is 6.08. The minimum absolute atomic E-state index is 0.179. The molecule has 0 aliphatic rings. The monoisotopic (exact) mass is 457 g/mol. The topological polar surface area (TPSA) is 126 Å². The Hall–Kier alpha value is -4.41. The average Bonchev–Trinajstić information content (AvgIpc) is 2.74. The number of aryl methyl sites for hydroxylation is 1. The van der Waals surface area contributed by atoms with E-state index in [1.807, 2.05) is 0 Å². The van der Waals surface area contributed by atoms with Gasteiger partial charge in [-0.2, -0.15) is 13.2 Å². The van der Waals surface area contributed by atoms with Crippen molar-refractivity contribution in [2.24, 2.45) is 5.73 Å². The van der Waals surface area contributed by atoms with Gasteiger partial charge in [0.25, 0.3) is 11.8 Å². The Morgan fingerprint density at radius 1 is 0.848 bits per heavy atom. The van der Waals surface area contributed by atoms with Gasteiger partial charge in [0.15, 0.2) is 0 Å². The lowest BCUT2D eigenvalue weighted by Gasteiger charge is -2.12. The van der Waals surface area contributed by atoms with E-state index in [1.54, 1.807) is 13.0 Å². The summed E-state index contributed by atoms with van der Waals surface area (Å²) in [6.45, 7) is 1.68. The Bertz CT molecular complexity index is 1230. The Balaban J connectivity index is 1.78. The second-order valence-electron chi connectivity index (χ2n) is 6.97. The van der Waals surface area contributed by atoms with Crippen molar-refractivity contribution in [2.75, 3.05) is 16.0 Å². The van der Waals surface area contributed by atoms with Crippen LogP contribution in [0.25, 0.3) is 0 Å². The van der Waals surface area contributed by atoms with E-state index in [9.17, 15) is 27.6 Å². The summed E-state index contributed by atoms with van der Waals surface area (Å²) in [5.74, 6) is -1.29. The first-order valence-electron chi connectivity index (χ1n) is 9.45. The fourth-order valence-corrected chi connectivity index (χ4v) is 2.90. The van der Waals surface area contributed by atoms with E-state index in [4.69, 9.17) is 5.73 Å². The van der Waals surface area contributed by atoms with E-state index in [-0.39, 0.29) is 28.2 Å². The number of primary amides is 1. The molecule has 3 rings (SSSR count). The molecular formula is C22H18F3N5O3. The van der Waals surface area contributed by atoms with Crippen molar-refractivity contribution in [3.8, 4) is 0 Å². The Morgan fingerprint density at radius 3 is 2.18 bits per heavy atom. The van der Waals surface area contributed by atoms with Crippen molar-refractivity contribution in [3.63, 3.8) is 0 Å². The van der Waals surface area contributed by atoms with Crippen molar-refractivity contribution in [1.29, 1.82) is 0 Å². The van der Waals surface area contributed by atoms with Gasteiger partial charge in [0.05, 0.1) is 29.3 Å². The number of amides is 4. The van der Waals surface area contributed by atoms with Gasteiger partial charge in [-0.1, -0.05) is 12.1 Å². The molecule has 0 aliphatic heterocycles. The number of carbonyl (C=O) groups is 3. The molecular weight excluding hydrogens is 439 g/mol. The number of rotatable bonds is 5. The van der Waals surface area contributed by atoms with Gasteiger partial charge in [0, 0.05) is 16.8 Å². The number of urea groups is 1. The Kier molecular flexibility index (Phi) is 6.61. The molecule has 0 aliphatic carbocycles. The summed E-state index contributed by atoms with van der Waals surface area (Å²) in [6.07, 6.45) is -1.88. The highest BCUT2D eigenvalue weighted by atomic mass is 19.4. The number of hydrogen-bond acceptors (Lipinski definition) is 4. The van der Waals surface area contributed by atoms with E-state index in [0.717, 1.165) is 18.2 Å². The van der Waals surface area contributed by atoms with E-state index < -0.39 is 29.6 Å². The van der Waals surface area contributed by atoms with Crippen molar-refractivity contribution in [3.05, 3.63) is 83.2 Å². The molecule has 4 amide bonds. The maximum atomic E-state index is 12.9. The highest BCUT2D eigenvalue weighted by Gasteiger charge is 2.30. The number of alkyl halides is 3. The van der Waals surface area contributed by atoms with Gasteiger partial charge >= 0.3 is 12.2 Å². The molecule has 33 heavy (non-hydrogen) atoms. The highest BCUT2D eigenvalue weighted by Crippen LogP contribution is 2.29. The number of benzene rings is 2. The van der Waals surface area contributed by atoms with Crippen LogP contribution in [-0.4, -0.2) is 22.8 Å². The lowest BCUT2D eigenvalue weighted by atomic mass is 10.1. The summed E-state index contributed by atoms with van der Waals surface area (Å²) in [4.78, 5) is 40.1. The van der Waals surface area contributed by atoms with Crippen LogP contribution in [0, 0.1) is 6.92 Å². The molecule has 0 atom stereocenters. The van der Waals surface area contributed by atoms with Crippen molar-refractivity contribution in [1.82, 2.24) is 4.98 Å². The summed E-state index contributed by atoms with van der Waals surface area (Å²) in [5.41, 5.74) is 5.51. The van der Waals surface area contributed by atoms with E-state index in [2.05, 4.69) is 20.9 Å². The maximum absolute atomic E-state index is 12.9. The third-order valence-corrected chi connectivity index (χ3v) is 4.46. The lowest BCUT2D eigenvalue weighted by Crippen LogP contribution is -2.20. The summed E-state index contributed by atoms with van der Waals surface area (Å²) < 4.78 is 38.7. The lowest BCUT2D eigenvalue weighted by molar-refractivity contribution is -0.137. The molecule has 3 aromatic rings. The van der Waals surface area contributed by atoms with Crippen molar-refractivity contribution >= 4 is 34.9 Å². The number of hydrogen-bond donors (Lipinski definition) is 4. The van der Waals surface area contributed by atoms with Crippen molar-refractivity contribution in [2.45, 2.75) is 13.1 Å². The number of carbonyl (C=O) groups excluding carboxylic acids is 3. The minimum atomic E-state index is -4.58. The number of pyridine rings is 1. The molecule has 8 nitrogen and oxygen atoms in total. The molecule has 1 heterocycles. The van der Waals surface area contributed by atoms with E-state index >= 15 is 0 Å². The predicted molar refractivity (Wildman–Crippen MR) is 116 cm³/mol. The number of nitrogens with zero attached hydrogens (tertiary/aromatic N) is 1. The Morgan fingerprint density at radius 2 is 1.52 bits per heavy atom. The third kappa shape index (κ3) is 6.06. The zero-order chi connectivity index (χ0) is 24.2. The third-order valence-electron chi connectivity index (χ3n) is 4.46. The average molecular weight is 457 g/mol. The summed E-state index contributed by atoms with van der Waals surface area (Å²) in [6, 6.07) is 9.18. The normalized spacial score (nSPS) is 10.9. The zero-order valence-electron chi connectivity index (χ0n) is 17.2. The van der Waals surface area contributed by atoms with Gasteiger partial charge in [-0.05, 0) is 48.9 Å². The molecule has 0 saturated carbocycles. The standard InChI is InChI=1S/C22H18F3N5O3/c1-12-5-6-15(28-19(31)13-3-2-4-14(7-13)22(23,24)25)9-18(12)20(32)29-16-8-17(11-27-10-16)30-21(26)33/h2-11H,1H3,(H,28,31)(H,29,32)(H3,26,30,33). The van der Waals surface area contributed by atoms with Gasteiger partial charge in [-0.25, -0.2) is 4.79 Å². The van der Waals surface area contributed by atoms with Gasteiger partial charge in [0.1, 0.15) is 0 Å². The summed E-state index contributed by atoms with van der Waals surface area (Å²) in [5, 5.41) is 7.45. The molecule has 170 valence electrons. The van der Waals surface area contributed by atoms with Crippen LogP contribution < -0.4 is 21.7 Å². The molecule has 0 spiro atoms. The quantitative estimate of drug-likeness (QED) is 0.453. The van der Waals surface area contributed by atoms with E-state index in [1.165, 1.54) is 36.7 Å². The fraction of sp³-hybridized carbons (Fsp3) is 0.0909. The molecule has 1 aromatic heterocycles. The first-order valence-corrected chi connectivity index (χ1v) is 9.45. The first kappa shape index (κ1) is 23.3. The summed E-state index contributed by atoms with van der Waals surface area (Å²) >= 11 is 0. The van der Waals surface area contributed by atoms with Crippen LogP contribution in [-0.2, 0) is 6.18 Å². The van der Waals surface area contributed by atoms with Gasteiger partial charge < -0.3 is 21.7 Å². The predicted octanol–water partition coefficient (Wildman–Crippen LogP) is 4.40. The number of aromatic nitrogens is 1. The number of anilines is 3. The van der Waals surface area contributed by atoms with Crippen LogP contribution in [0.1, 0.15) is 31.8 Å². The molecule has 0 radical (unpaired) electrons. The maximum Gasteiger partial charge on any atom is 0.416 e. The molecule has 2 aromatic carbocycles. The van der Waals surface area contributed by atoms with Crippen LogP contribution in [0.4, 0.5) is 35.0 Å². The SMILES string of the molecule is Cc1ccc(NC(=O)c2cccc(C(F)(F)F)c2)cc1C(=O)Nc1cncc(NC(N)=O)c1. The molecule has 11 heteroatoms. The van der Waals surface area contributed by atoms with Crippen LogP contribution >= 0.6 is 0 Å². The largest absolute Gasteiger partial charge is 0.416 e. The smallest absolute Gasteiger partial charge is 0.351 e. The molecule has 0 unspecified atom stereocenters. The molecule has 0 fully saturated rings. The molecule has 5 N–H and O–H groups in total. The second-order valence-corrected chi connectivity index (χ2v) is 6.97. The molecule has 0 bridgehead atoms.